The van der Waals surface area contributed by atoms with Gasteiger partial charge in [0.25, 0.3) is 0 Å². The molecule has 0 unspecified atom stereocenters. The Morgan fingerprint density at radius 3 is 1.00 bits per heavy atom. The van der Waals surface area contributed by atoms with E-state index in [4.69, 9.17) is 49.8 Å². The van der Waals surface area contributed by atoms with Gasteiger partial charge in [0.2, 0.25) is 11.9 Å². The molecule has 0 radical (unpaired) electrons. The van der Waals surface area contributed by atoms with Gasteiger partial charge in [-0.25, -0.2) is 59.8 Å². The molecule has 0 fully saturated rings. The number of para-hydroxylation sites is 4. The van der Waals surface area contributed by atoms with Gasteiger partial charge in [-0.2, -0.15) is 9.97 Å². The monoisotopic (exact) mass is 1640 g/mol. The van der Waals surface area contributed by atoms with Crippen molar-refractivity contribution in [3.63, 3.8) is 0 Å². The summed E-state index contributed by atoms with van der Waals surface area (Å²) in [5.41, 5.74) is 20.2. The number of hydrogen-bond donors (Lipinski definition) is 0. The maximum Gasteiger partial charge on any atom is 0.238 e. The molecule has 12 heterocycles. The molecule has 0 saturated carbocycles. The molecule has 17 nitrogen and oxygen atoms in total. The van der Waals surface area contributed by atoms with Crippen LogP contribution < -0.4 is 0 Å². The Kier molecular flexibility index (Phi) is 17.3. The highest BCUT2D eigenvalue weighted by atomic mass is 32.1. The number of fused-ring (bicyclic) bond motifs is 22. The smallest absolute Gasteiger partial charge is 0.238 e. The average molecular weight is 1640 g/mol. The van der Waals surface area contributed by atoms with Crippen LogP contribution in [0, 0.1) is 0 Å². The van der Waals surface area contributed by atoms with Crippen molar-refractivity contribution in [2.75, 3.05) is 0 Å². The number of rotatable bonds is 10. The lowest BCUT2D eigenvalue weighted by molar-refractivity contribution is 0.955. The standard InChI is InChI=1S/2C37H22N6S.C30H17N5S/c1-3-10-23(11-4-1)35-40-36(24-12-5-2-6-13-24)42-37(41-35)25-14-9-15-26(20-25)43-29-17-8-7-16-27(29)28-18-19-30-32(34(28)43)33-31(44-30)21-38-22-39-33;1-3-9-23(10-4-1)24-15-17-26(18-16-24)36-40-35(25-11-5-2-6-12-25)41-37(42-36)43-29-14-8-7-13-27(29)28-19-20-30-32(34(28)43)33-31(44-30)21-38-22-39-33;1-2-8-18(9-3-1)27-21-11-4-6-12-22(21)33-30(34-27)35-23-13-7-5-10-19(23)20-14-15-24-26(29(20)35)28-25(36-24)16-31-17-32-28/h2*1-22H;1-17H. The Labute approximate surface area is 717 Å². The van der Waals surface area contributed by atoms with E-state index in [0.717, 1.165) is 162 Å². The molecule has 124 heavy (non-hydrogen) atoms. The predicted molar refractivity (Wildman–Crippen MR) is 506 cm³/mol. The van der Waals surface area contributed by atoms with Crippen LogP contribution >= 0.6 is 34.0 Å². The van der Waals surface area contributed by atoms with Gasteiger partial charge in [-0.3, -0.25) is 9.13 Å². The molecule has 12 aromatic heterocycles. The molecule has 0 atom stereocenters. The van der Waals surface area contributed by atoms with E-state index >= 15 is 0 Å². The van der Waals surface area contributed by atoms with Crippen molar-refractivity contribution in [2.45, 2.75) is 0 Å². The van der Waals surface area contributed by atoms with Crippen molar-refractivity contribution in [3.05, 3.63) is 371 Å². The van der Waals surface area contributed by atoms with Crippen LogP contribution in [0.2, 0.25) is 0 Å². The van der Waals surface area contributed by atoms with Crippen LogP contribution in [0.4, 0.5) is 0 Å². The Bertz CT molecular complexity index is 8640. The van der Waals surface area contributed by atoms with Crippen LogP contribution in [0.3, 0.4) is 0 Å². The number of nitrogens with zero attached hydrogens (tertiary/aromatic N) is 17. The lowest BCUT2D eigenvalue weighted by Crippen LogP contribution is -2.06. The zero-order chi connectivity index (χ0) is 81.7. The summed E-state index contributed by atoms with van der Waals surface area (Å²) in [4.78, 5) is 67.4. The van der Waals surface area contributed by atoms with E-state index in [1.165, 1.54) is 31.1 Å². The van der Waals surface area contributed by atoms with Crippen molar-refractivity contribution in [1.29, 1.82) is 0 Å². The molecule has 0 bridgehead atoms. The Morgan fingerprint density at radius 1 is 0.218 bits per heavy atom. The summed E-state index contributed by atoms with van der Waals surface area (Å²) in [6, 6.07) is 115. The van der Waals surface area contributed by atoms with E-state index in [2.05, 4.69) is 240 Å². The molecule has 26 aromatic rings. The van der Waals surface area contributed by atoms with Crippen LogP contribution in [0.25, 0.3) is 234 Å². The summed E-state index contributed by atoms with van der Waals surface area (Å²) in [6.07, 6.45) is 10.6. The molecule has 14 aromatic carbocycles. The first-order valence-corrected chi connectivity index (χ1v) is 42.9. The zero-order valence-electron chi connectivity index (χ0n) is 65.5. The second-order valence-electron chi connectivity index (χ2n) is 30.0. The van der Waals surface area contributed by atoms with Crippen LogP contribution in [0.15, 0.2) is 371 Å². The summed E-state index contributed by atoms with van der Waals surface area (Å²) >= 11 is 5.14. The largest absolute Gasteiger partial charge is 0.308 e. The lowest BCUT2D eigenvalue weighted by atomic mass is 10.0. The highest BCUT2D eigenvalue weighted by Crippen LogP contribution is 2.47. The minimum atomic E-state index is 0.563. The maximum atomic E-state index is 5.21. The van der Waals surface area contributed by atoms with Gasteiger partial charge in [-0.15, -0.1) is 34.0 Å². The zero-order valence-corrected chi connectivity index (χ0v) is 68.0. The number of benzene rings is 14. The first kappa shape index (κ1) is 71.8. The van der Waals surface area contributed by atoms with E-state index in [1.54, 1.807) is 53.0 Å². The molecule has 20 heteroatoms. The predicted octanol–water partition coefficient (Wildman–Crippen LogP) is 25.8. The average Bonchev–Trinajstić information content (AvgIpc) is 1.57. The van der Waals surface area contributed by atoms with E-state index in [1.807, 2.05) is 146 Å². The van der Waals surface area contributed by atoms with Gasteiger partial charge in [-0.05, 0) is 65.7 Å². The second-order valence-corrected chi connectivity index (χ2v) is 33.3. The minimum Gasteiger partial charge on any atom is -0.308 e. The molecule has 0 spiro atoms. The summed E-state index contributed by atoms with van der Waals surface area (Å²) < 4.78 is 13.4. The van der Waals surface area contributed by atoms with Gasteiger partial charge >= 0.3 is 0 Å². The second kappa shape index (κ2) is 29.9. The third-order valence-electron chi connectivity index (χ3n) is 22.8. The van der Waals surface area contributed by atoms with Gasteiger partial charge in [0, 0.05) is 126 Å². The summed E-state index contributed by atoms with van der Waals surface area (Å²) in [5.74, 6) is 4.36. The molecule has 0 amide bonds. The first-order chi connectivity index (χ1) is 61.5. The van der Waals surface area contributed by atoms with Crippen molar-refractivity contribution in [2.24, 2.45) is 0 Å². The Morgan fingerprint density at radius 2 is 0.548 bits per heavy atom. The lowest BCUT2D eigenvalue weighted by Gasteiger charge is -2.12. The third-order valence-corrected chi connectivity index (χ3v) is 26.0. The number of thiophene rings is 3. The fourth-order valence-electron chi connectivity index (χ4n) is 17.3. The molecule has 26 rings (SSSR count). The highest BCUT2D eigenvalue weighted by Gasteiger charge is 2.27. The molecule has 580 valence electrons. The Balaban J connectivity index is 0.000000105. The summed E-state index contributed by atoms with van der Waals surface area (Å²) in [5, 5.41) is 11.3. The molecule has 0 aliphatic carbocycles. The highest BCUT2D eigenvalue weighted by molar-refractivity contribution is 7.26. The van der Waals surface area contributed by atoms with Gasteiger partial charge in [0.15, 0.2) is 29.1 Å². The fraction of sp³-hybridized carbons (Fsp3) is 0. The van der Waals surface area contributed by atoms with Crippen molar-refractivity contribution in [3.8, 4) is 96.9 Å². The van der Waals surface area contributed by atoms with E-state index in [0.29, 0.717) is 41.0 Å². The fourth-order valence-corrected chi connectivity index (χ4v) is 20.4. The van der Waals surface area contributed by atoms with Crippen LogP contribution in [0.1, 0.15) is 0 Å². The summed E-state index contributed by atoms with van der Waals surface area (Å²) in [6.45, 7) is 0. The van der Waals surface area contributed by atoms with Gasteiger partial charge in [-0.1, -0.05) is 279 Å². The Hall–Kier alpha value is -16.3. The molecule has 0 aliphatic heterocycles. The van der Waals surface area contributed by atoms with Crippen LogP contribution in [-0.2, 0) is 0 Å². The van der Waals surface area contributed by atoms with E-state index < -0.39 is 0 Å². The molecule has 0 aliphatic rings. The normalized spacial score (nSPS) is 11.7. The topological polar surface area (TPSA) is 195 Å². The first-order valence-electron chi connectivity index (χ1n) is 40.4. The molecular formula is C104H61N17S3. The van der Waals surface area contributed by atoms with Crippen molar-refractivity contribution < 1.29 is 0 Å². The SMILES string of the molecule is c1ccc(-c2ccc(-c3nc(-c4ccccc4)nc(-n4c5ccccc5c5ccc6sc7cncnc7c6c54)n3)cc2)cc1.c1ccc(-c2nc(-c3ccccc3)nc(-c3cccc(-n4c5ccccc5c5ccc6sc7cncnc7c6c54)c3)n2)cc1.c1ccc(-c2nc(-n3c4ccccc4c4ccc5sc6cncnc6c5c43)nc3ccccc23)cc1. The van der Waals surface area contributed by atoms with Crippen molar-refractivity contribution in [1.82, 2.24) is 83.5 Å². The van der Waals surface area contributed by atoms with E-state index in [9.17, 15) is 0 Å². The maximum absolute atomic E-state index is 5.21. The van der Waals surface area contributed by atoms with Crippen LogP contribution in [-0.4, -0.2) is 83.5 Å². The molecule has 0 saturated heterocycles. The number of aromatic nitrogens is 17. The van der Waals surface area contributed by atoms with E-state index in [-0.39, 0.29) is 0 Å². The van der Waals surface area contributed by atoms with Gasteiger partial charge < -0.3 is 4.57 Å². The van der Waals surface area contributed by atoms with Crippen LogP contribution in [0.5, 0.6) is 0 Å². The van der Waals surface area contributed by atoms with Gasteiger partial charge in [0.1, 0.15) is 19.0 Å². The quantitative estimate of drug-likeness (QED) is 0.125. The molecular weight excluding hydrogens is 1580 g/mol. The number of hydrogen-bond acceptors (Lipinski definition) is 17. The minimum absolute atomic E-state index is 0.563. The summed E-state index contributed by atoms with van der Waals surface area (Å²) in [7, 11) is 0. The molecule has 0 N–H and O–H groups in total. The third kappa shape index (κ3) is 12.2. The van der Waals surface area contributed by atoms with Crippen molar-refractivity contribution >= 4 is 171 Å². The van der Waals surface area contributed by atoms with Gasteiger partial charge in [0.05, 0.1) is 75.0 Å².